The molecule has 1 amide bonds. The summed E-state index contributed by atoms with van der Waals surface area (Å²) in [6.45, 7) is 4.03. The molecule has 0 radical (unpaired) electrons. The van der Waals surface area contributed by atoms with Crippen LogP contribution in [0.15, 0.2) is 47.8 Å². The lowest BCUT2D eigenvalue weighted by Gasteiger charge is -2.33. The zero-order chi connectivity index (χ0) is 15.9. The van der Waals surface area contributed by atoms with Crippen LogP contribution in [-0.4, -0.2) is 43.2 Å². The highest BCUT2D eigenvalue weighted by Gasteiger charge is 2.21. The Morgan fingerprint density at radius 1 is 1.26 bits per heavy atom. The Hall–Kier alpha value is -1.69. The molecule has 122 valence electrons. The summed E-state index contributed by atoms with van der Waals surface area (Å²) >= 11 is 1.61. The molecule has 1 fully saturated rings. The van der Waals surface area contributed by atoms with Crippen LogP contribution in [0.4, 0.5) is 0 Å². The Bertz CT molecular complexity index is 601. The van der Waals surface area contributed by atoms with E-state index in [9.17, 15) is 4.79 Å². The molecule has 1 N–H and O–H groups in total. The zero-order valence-corrected chi connectivity index (χ0v) is 13.9. The lowest BCUT2D eigenvalue weighted by Crippen LogP contribution is -2.47. The van der Waals surface area contributed by atoms with E-state index in [1.165, 1.54) is 5.56 Å². The van der Waals surface area contributed by atoms with E-state index < -0.39 is 0 Å². The molecule has 1 aliphatic rings. The fraction of sp³-hybridized carbons (Fsp3) is 0.389. The van der Waals surface area contributed by atoms with Crippen molar-refractivity contribution in [3.8, 4) is 0 Å². The number of morpholine rings is 1. The number of hydrogen-bond acceptors (Lipinski definition) is 4. The second kappa shape index (κ2) is 8.24. The van der Waals surface area contributed by atoms with Crippen LogP contribution >= 0.6 is 11.3 Å². The van der Waals surface area contributed by atoms with Crippen LogP contribution in [0.2, 0.25) is 0 Å². The third kappa shape index (κ3) is 5.16. The maximum Gasteiger partial charge on any atom is 0.225 e. The predicted octanol–water partition coefficient (Wildman–Crippen LogP) is 2.31. The molecule has 1 saturated heterocycles. The minimum Gasteiger partial charge on any atom is -0.374 e. The Morgan fingerprint density at radius 3 is 2.91 bits per heavy atom. The van der Waals surface area contributed by atoms with E-state index in [4.69, 9.17) is 4.74 Å². The topological polar surface area (TPSA) is 41.6 Å². The number of nitrogens with one attached hydrogen (secondary N) is 1. The predicted molar refractivity (Wildman–Crippen MR) is 92.5 cm³/mol. The van der Waals surface area contributed by atoms with Gasteiger partial charge in [0.25, 0.3) is 0 Å². The first-order chi connectivity index (χ1) is 11.3. The molecule has 1 aliphatic heterocycles. The Kier molecular flexibility index (Phi) is 5.80. The van der Waals surface area contributed by atoms with Gasteiger partial charge in [-0.1, -0.05) is 36.4 Å². The monoisotopic (exact) mass is 330 g/mol. The van der Waals surface area contributed by atoms with E-state index in [-0.39, 0.29) is 12.0 Å². The number of rotatable bonds is 6. The number of ether oxygens (including phenoxy) is 1. The largest absolute Gasteiger partial charge is 0.374 e. The third-order valence-corrected chi connectivity index (χ3v) is 4.79. The van der Waals surface area contributed by atoms with E-state index in [1.807, 2.05) is 23.6 Å². The van der Waals surface area contributed by atoms with Crippen LogP contribution in [0, 0.1) is 0 Å². The average Bonchev–Trinajstić information content (AvgIpc) is 3.07. The number of hydrogen-bond donors (Lipinski definition) is 1. The van der Waals surface area contributed by atoms with Gasteiger partial charge in [0.05, 0.1) is 19.1 Å². The lowest BCUT2D eigenvalue weighted by atomic mass is 10.2. The van der Waals surface area contributed by atoms with Crippen molar-refractivity contribution in [2.75, 3.05) is 26.2 Å². The van der Waals surface area contributed by atoms with E-state index in [2.05, 4.69) is 34.5 Å². The van der Waals surface area contributed by atoms with Crippen molar-refractivity contribution in [2.24, 2.45) is 0 Å². The molecule has 0 spiro atoms. The molecule has 0 saturated carbocycles. The summed E-state index contributed by atoms with van der Waals surface area (Å²) in [4.78, 5) is 15.4. The van der Waals surface area contributed by atoms with Gasteiger partial charge in [-0.15, -0.1) is 11.3 Å². The zero-order valence-electron chi connectivity index (χ0n) is 13.1. The third-order valence-electron chi connectivity index (χ3n) is 3.91. The van der Waals surface area contributed by atoms with Crippen LogP contribution in [0.25, 0.3) is 0 Å². The fourth-order valence-electron chi connectivity index (χ4n) is 2.75. The number of thiophene rings is 1. The first kappa shape index (κ1) is 16.2. The minimum atomic E-state index is 0.0660. The van der Waals surface area contributed by atoms with Crippen molar-refractivity contribution in [2.45, 2.75) is 19.1 Å². The highest BCUT2D eigenvalue weighted by molar-refractivity contribution is 7.10. The number of nitrogens with zero attached hydrogens (tertiary/aromatic N) is 1. The molecule has 0 bridgehead atoms. The van der Waals surface area contributed by atoms with Crippen LogP contribution in [0.3, 0.4) is 0 Å². The minimum absolute atomic E-state index is 0.0660. The Labute approximate surface area is 141 Å². The van der Waals surface area contributed by atoms with E-state index in [1.54, 1.807) is 11.3 Å². The normalized spacial score (nSPS) is 18.7. The standard InChI is InChI=1S/C18H22N2O2S/c21-18(11-17-7-4-10-23-17)19-12-16-14-20(8-9-22-16)13-15-5-2-1-3-6-15/h1-7,10,16H,8-9,11-14H2,(H,19,21). The van der Waals surface area contributed by atoms with Crippen molar-refractivity contribution < 1.29 is 9.53 Å². The summed E-state index contributed by atoms with van der Waals surface area (Å²) in [7, 11) is 0. The molecule has 1 aromatic carbocycles. The summed E-state index contributed by atoms with van der Waals surface area (Å²) in [5.74, 6) is 0.0660. The van der Waals surface area contributed by atoms with Gasteiger partial charge in [0.2, 0.25) is 5.91 Å². The summed E-state index contributed by atoms with van der Waals surface area (Å²) < 4.78 is 5.78. The number of amides is 1. The molecule has 5 heteroatoms. The molecule has 4 nitrogen and oxygen atoms in total. The summed E-state index contributed by atoms with van der Waals surface area (Å²) in [6, 6.07) is 14.4. The molecule has 23 heavy (non-hydrogen) atoms. The highest BCUT2D eigenvalue weighted by Crippen LogP contribution is 2.11. The highest BCUT2D eigenvalue weighted by atomic mass is 32.1. The van der Waals surface area contributed by atoms with Crippen LogP contribution in [0.1, 0.15) is 10.4 Å². The molecule has 3 rings (SSSR count). The molecule has 1 aromatic heterocycles. The van der Waals surface area contributed by atoms with Gasteiger partial charge in [-0.05, 0) is 17.0 Å². The van der Waals surface area contributed by atoms with E-state index in [0.717, 1.165) is 31.1 Å². The Balaban J connectivity index is 1.42. The number of carbonyl (C=O) groups excluding carboxylic acids is 1. The first-order valence-electron chi connectivity index (χ1n) is 7.96. The van der Waals surface area contributed by atoms with Crippen LogP contribution < -0.4 is 5.32 Å². The average molecular weight is 330 g/mol. The second-order valence-corrected chi connectivity index (χ2v) is 6.81. The maximum absolute atomic E-state index is 12.0. The van der Waals surface area contributed by atoms with Crippen molar-refractivity contribution in [3.05, 3.63) is 58.3 Å². The van der Waals surface area contributed by atoms with E-state index >= 15 is 0 Å². The molecular weight excluding hydrogens is 308 g/mol. The lowest BCUT2D eigenvalue weighted by molar-refractivity contribution is -0.121. The van der Waals surface area contributed by atoms with Gasteiger partial charge in [0.15, 0.2) is 0 Å². The summed E-state index contributed by atoms with van der Waals surface area (Å²) in [6.07, 6.45) is 0.526. The second-order valence-electron chi connectivity index (χ2n) is 5.77. The van der Waals surface area contributed by atoms with Crippen molar-refractivity contribution in [1.82, 2.24) is 10.2 Å². The fourth-order valence-corrected chi connectivity index (χ4v) is 3.45. The van der Waals surface area contributed by atoms with Crippen LogP contribution in [-0.2, 0) is 22.5 Å². The Morgan fingerprint density at radius 2 is 2.13 bits per heavy atom. The number of carbonyl (C=O) groups is 1. The van der Waals surface area contributed by atoms with Gasteiger partial charge in [-0.3, -0.25) is 9.69 Å². The molecule has 2 heterocycles. The van der Waals surface area contributed by atoms with Gasteiger partial charge in [-0.25, -0.2) is 0 Å². The molecular formula is C18H22N2O2S. The quantitative estimate of drug-likeness (QED) is 0.884. The summed E-state index contributed by atoms with van der Waals surface area (Å²) in [5, 5.41) is 4.99. The van der Waals surface area contributed by atoms with Gasteiger partial charge in [0, 0.05) is 31.1 Å². The smallest absolute Gasteiger partial charge is 0.225 e. The first-order valence-corrected chi connectivity index (χ1v) is 8.84. The molecule has 0 aliphatic carbocycles. The van der Waals surface area contributed by atoms with Crippen molar-refractivity contribution in [3.63, 3.8) is 0 Å². The number of benzene rings is 1. The summed E-state index contributed by atoms with van der Waals surface area (Å²) in [5.41, 5.74) is 1.31. The van der Waals surface area contributed by atoms with Crippen molar-refractivity contribution in [1.29, 1.82) is 0 Å². The molecule has 2 aromatic rings. The molecule has 1 unspecified atom stereocenters. The van der Waals surface area contributed by atoms with Gasteiger partial charge in [0.1, 0.15) is 0 Å². The van der Waals surface area contributed by atoms with Crippen molar-refractivity contribution >= 4 is 17.2 Å². The van der Waals surface area contributed by atoms with Gasteiger partial charge >= 0.3 is 0 Å². The molecule has 1 atom stereocenters. The van der Waals surface area contributed by atoms with E-state index in [0.29, 0.717) is 13.0 Å². The van der Waals surface area contributed by atoms with Crippen LogP contribution in [0.5, 0.6) is 0 Å². The van der Waals surface area contributed by atoms with Gasteiger partial charge < -0.3 is 10.1 Å². The SMILES string of the molecule is O=C(Cc1cccs1)NCC1CN(Cc2ccccc2)CCO1. The van der Waals surface area contributed by atoms with Gasteiger partial charge in [-0.2, -0.15) is 0 Å². The maximum atomic E-state index is 12.0.